The molecule has 1 saturated carbocycles. The average molecular weight is 442 g/mol. The smallest absolute Gasteiger partial charge is 0.343 e. The highest BCUT2D eigenvalue weighted by Crippen LogP contribution is 2.33. The largest absolute Gasteiger partial charge is 0.478 e. The molecule has 0 aliphatic heterocycles. The number of ether oxygens (including phenoxy) is 1. The molecule has 1 heterocycles. The average Bonchev–Trinajstić information content (AvgIpc) is 3.19. The first kappa shape index (κ1) is 23.5. The van der Waals surface area contributed by atoms with Crippen LogP contribution in [0.25, 0.3) is 5.69 Å². The van der Waals surface area contributed by atoms with Crippen molar-refractivity contribution in [2.45, 2.75) is 59.4 Å². The molecule has 8 nitrogen and oxygen atoms in total. The molecule has 2 aromatic rings. The molecule has 0 bridgehead atoms. The second-order valence-electron chi connectivity index (χ2n) is 8.64. The maximum Gasteiger partial charge on any atom is 0.343 e. The molecule has 172 valence electrons. The van der Waals surface area contributed by atoms with Crippen molar-refractivity contribution in [2.75, 3.05) is 11.5 Å². The van der Waals surface area contributed by atoms with Gasteiger partial charge in [0.25, 0.3) is 0 Å². The fourth-order valence-corrected chi connectivity index (χ4v) is 4.09. The molecular weight excluding hydrogens is 410 g/mol. The second-order valence-corrected chi connectivity index (χ2v) is 8.64. The van der Waals surface area contributed by atoms with Crippen molar-refractivity contribution >= 4 is 23.7 Å². The number of esters is 1. The molecular formula is C24H31N3O5. The van der Waals surface area contributed by atoms with Crippen LogP contribution in [-0.4, -0.2) is 45.4 Å². The van der Waals surface area contributed by atoms with Crippen LogP contribution in [0.3, 0.4) is 0 Å². The maximum absolute atomic E-state index is 13.5. The molecule has 0 spiro atoms. The van der Waals surface area contributed by atoms with Gasteiger partial charge in [-0.2, -0.15) is 0 Å². The molecule has 32 heavy (non-hydrogen) atoms. The third kappa shape index (κ3) is 5.00. The molecule has 0 saturated heterocycles. The van der Waals surface area contributed by atoms with E-state index in [9.17, 15) is 14.4 Å². The van der Waals surface area contributed by atoms with Crippen molar-refractivity contribution in [3.63, 3.8) is 0 Å². The molecule has 1 aromatic heterocycles. The van der Waals surface area contributed by atoms with Crippen molar-refractivity contribution in [1.29, 1.82) is 0 Å². The van der Waals surface area contributed by atoms with E-state index >= 15 is 0 Å². The van der Waals surface area contributed by atoms with Crippen molar-refractivity contribution < 1.29 is 24.2 Å². The number of benzene rings is 1. The lowest BCUT2D eigenvalue weighted by atomic mass is 9.82. The molecule has 1 amide bonds. The highest BCUT2D eigenvalue weighted by atomic mass is 16.5. The highest BCUT2D eigenvalue weighted by Gasteiger charge is 2.34. The van der Waals surface area contributed by atoms with Crippen LogP contribution in [-0.2, 0) is 9.53 Å². The molecule has 1 aliphatic rings. The number of rotatable bonds is 7. The Labute approximate surface area is 188 Å². The van der Waals surface area contributed by atoms with Crippen LogP contribution in [0.15, 0.2) is 30.5 Å². The third-order valence-corrected chi connectivity index (χ3v) is 5.92. The lowest BCUT2D eigenvalue weighted by Gasteiger charge is -2.32. The number of carboxylic acids is 1. The Morgan fingerprint density at radius 1 is 1.16 bits per heavy atom. The van der Waals surface area contributed by atoms with E-state index in [0.717, 1.165) is 25.7 Å². The van der Waals surface area contributed by atoms with Crippen molar-refractivity contribution in [1.82, 2.24) is 9.78 Å². The van der Waals surface area contributed by atoms with Gasteiger partial charge in [0.15, 0.2) is 5.82 Å². The van der Waals surface area contributed by atoms with Crippen LogP contribution in [0.1, 0.15) is 74.1 Å². The number of hydrogen-bond donors (Lipinski definition) is 1. The van der Waals surface area contributed by atoms with E-state index in [-0.39, 0.29) is 41.4 Å². The van der Waals surface area contributed by atoms with Gasteiger partial charge < -0.3 is 9.84 Å². The Hall–Kier alpha value is -3.16. The lowest BCUT2D eigenvalue weighted by Crippen LogP contribution is -2.43. The zero-order valence-corrected chi connectivity index (χ0v) is 19.1. The van der Waals surface area contributed by atoms with E-state index in [4.69, 9.17) is 9.84 Å². The highest BCUT2D eigenvalue weighted by molar-refractivity contribution is 6.02. The molecule has 0 radical (unpaired) electrons. The fraction of sp³-hybridized carbons (Fsp3) is 0.500. The first-order valence-electron chi connectivity index (χ1n) is 11.2. The first-order chi connectivity index (χ1) is 15.2. The van der Waals surface area contributed by atoms with Gasteiger partial charge >= 0.3 is 11.9 Å². The van der Waals surface area contributed by atoms with Gasteiger partial charge in [-0.15, -0.1) is 5.10 Å². The quantitative estimate of drug-likeness (QED) is 0.642. The third-order valence-electron chi connectivity index (χ3n) is 5.92. The van der Waals surface area contributed by atoms with Gasteiger partial charge in [-0.1, -0.05) is 6.92 Å². The molecule has 1 N–H and O–H groups in total. The Kier molecular flexibility index (Phi) is 7.33. The van der Waals surface area contributed by atoms with Crippen LogP contribution in [0.2, 0.25) is 0 Å². The fourth-order valence-electron chi connectivity index (χ4n) is 4.09. The summed E-state index contributed by atoms with van der Waals surface area (Å²) in [6.45, 7) is 7.93. The standard InChI is InChI=1S/C24H31N3O5/c1-5-32-24(31)20-14-26(19-12-10-18(11-13-19)23(29)30)25-21(20)27(15(2)3)22(28)17-8-6-16(4)7-9-17/h10-17H,5-9H2,1-4H3,(H,29,30). The van der Waals surface area contributed by atoms with Gasteiger partial charge in [0.1, 0.15) is 5.56 Å². The van der Waals surface area contributed by atoms with Crippen molar-refractivity contribution in [2.24, 2.45) is 11.8 Å². The van der Waals surface area contributed by atoms with Crippen LogP contribution in [0.4, 0.5) is 5.82 Å². The minimum absolute atomic E-state index is 0.0241. The molecule has 0 atom stereocenters. The summed E-state index contributed by atoms with van der Waals surface area (Å²) in [7, 11) is 0. The summed E-state index contributed by atoms with van der Waals surface area (Å²) in [5.74, 6) is -0.804. The number of carbonyl (C=O) groups excluding carboxylic acids is 2. The minimum Gasteiger partial charge on any atom is -0.478 e. The molecule has 1 aromatic carbocycles. The summed E-state index contributed by atoms with van der Waals surface area (Å²) in [4.78, 5) is 39.0. The second kappa shape index (κ2) is 9.97. The zero-order chi connectivity index (χ0) is 23.4. The monoisotopic (exact) mass is 441 g/mol. The van der Waals surface area contributed by atoms with Crippen molar-refractivity contribution in [3.8, 4) is 5.69 Å². The normalized spacial score (nSPS) is 18.4. The van der Waals surface area contributed by atoms with Gasteiger partial charge in [0.05, 0.1) is 17.9 Å². The number of anilines is 1. The van der Waals surface area contributed by atoms with Crippen LogP contribution >= 0.6 is 0 Å². The van der Waals surface area contributed by atoms with E-state index in [2.05, 4.69) is 12.0 Å². The van der Waals surface area contributed by atoms with Gasteiger partial charge in [0.2, 0.25) is 5.91 Å². The van der Waals surface area contributed by atoms with E-state index in [1.807, 2.05) is 13.8 Å². The summed E-state index contributed by atoms with van der Waals surface area (Å²) in [5.41, 5.74) is 0.937. The van der Waals surface area contributed by atoms with Gasteiger partial charge in [-0.3, -0.25) is 9.69 Å². The van der Waals surface area contributed by atoms with Crippen molar-refractivity contribution in [3.05, 3.63) is 41.6 Å². The van der Waals surface area contributed by atoms with E-state index in [1.165, 1.54) is 23.0 Å². The Balaban J connectivity index is 2.02. The van der Waals surface area contributed by atoms with Gasteiger partial charge in [-0.25, -0.2) is 14.3 Å². The number of carbonyl (C=O) groups is 3. The molecule has 8 heteroatoms. The molecule has 0 unspecified atom stereocenters. The number of aromatic carboxylic acids is 1. The van der Waals surface area contributed by atoms with Crippen LogP contribution < -0.4 is 4.90 Å². The first-order valence-corrected chi connectivity index (χ1v) is 11.2. The van der Waals surface area contributed by atoms with Gasteiger partial charge in [-0.05, 0) is 76.6 Å². The minimum atomic E-state index is -1.02. The van der Waals surface area contributed by atoms with E-state index in [1.54, 1.807) is 24.0 Å². The Morgan fingerprint density at radius 2 is 1.78 bits per heavy atom. The number of nitrogens with zero attached hydrogens (tertiary/aromatic N) is 3. The number of carboxylic acid groups (broad SMARTS) is 1. The predicted molar refractivity (Wildman–Crippen MR) is 120 cm³/mol. The Morgan fingerprint density at radius 3 is 2.31 bits per heavy atom. The molecule has 1 fully saturated rings. The van der Waals surface area contributed by atoms with Gasteiger partial charge in [0, 0.05) is 18.2 Å². The van der Waals surface area contributed by atoms with E-state index in [0.29, 0.717) is 11.6 Å². The number of hydrogen-bond acceptors (Lipinski definition) is 5. The summed E-state index contributed by atoms with van der Waals surface area (Å²) < 4.78 is 6.71. The number of amides is 1. The Bertz CT molecular complexity index is 972. The topological polar surface area (TPSA) is 102 Å². The predicted octanol–water partition coefficient (Wildman–Crippen LogP) is 4.31. The SMILES string of the molecule is CCOC(=O)c1cn(-c2ccc(C(=O)O)cc2)nc1N(C(=O)C1CCC(C)CC1)C(C)C. The summed E-state index contributed by atoms with van der Waals surface area (Å²) in [6, 6.07) is 5.96. The number of aromatic nitrogens is 2. The zero-order valence-electron chi connectivity index (χ0n) is 19.1. The summed E-state index contributed by atoms with van der Waals surface area (Å²) in [5, 5.41) is 13.7. The van der Waals surface area contributed by atoms with E-state index < -0.39 is 11.9 Å². The molecule has 3 rings (SSSR count). The summed E-state index contributed by atoms with van der Waals surface area (Å²) >= 11 is 0. The maximum atomic E-state index is 13.5. The lowest BCUT2D eigenvalue weighted by molar-refractivity contribution is -0.124. The van der Waals surface area contributed by atoms with Crippen LogP contribution in [0, 0.1) is 11.8 Å². The summed E-state index contributed by atoms with van der Waals surface area (Å²) in [6.07, 6.45) is 5.22. The molecule has 1 aliphatic carbocycles. The van der Waals surface area contributed by atoms with Crippen LogP contribution in [0.5, 0.6) is 0 Å².